The minimum atomic E-state index is -0.561. The van der Waals surface area contributed by atoms with Crippen LogP contribution in [-0.4, -0.2) is 5.97 Å². The van der Waals surface area contributed by atoms with Crippen LogP contribution in [0, 0.1) is 17.1 Å². The van der Waals surface area contributed by atoms with Crippen LogP contribution in [0.2, 0.25) is 0 Å². The quantitative estimate of drug-likeness (QED) is 0.691. The number of anilines is 1. The van der Waals surface area contributed by atoms with Crippen molar-refractivity contribution in [3.63, 3.8) is 0 Å². The Morgan fingerprint density at radius 3 is 2.57 bits per heavy atom. The molecule has 0 unspecified atom stereocenters. The Labute approximate surface area is 121 Å². The van der Waals surface area contributed by atoms with Gasteiger partial charge in [-0.1, -0.05) is 18.2 Å². The second-order valence-corrected chi connectivity index (χ2v) is 4.50. The van der Waals surface area contributed by atoms with Gasteiger partial charge in [0.1, 0.15) is 12.4 Å². The maximum absolute atomic E-state index is 13.6. The van der Waals surface area contributed by atoms with E-state index in [4.69, 9.17) is 15.7 Å². The maximum atomic E-state index is 13.6. The fourth-order valence-electron chi connectivity index (χ4n) is 1.75. The minimum absolute atomic E-state index is 0.0954. The van der Waals surface area contributed by atoms with Crippen molar-refractivity contribution < 1.29 is 13.9 Å². The summed E-state index contributed by atoms with van der Waals surface area (Å²) in [5.41, 5.74) is 7.40. The van der Waals surface area contributed by atoms with Crippen LogP contribution in [0.5, 0.6) is 0 Å². The SMILES string of the molecule is N#Cc1ccc(COC(=O)Cc2ccc(N)cc2)c(F)c1. The van der Waals surface area contributed by atoms with E-state index in [-0.39, 0.29) is 24.2 Å². The number of esters is 1. The summed E-state index contributed by atoms with van der Waals surface area (Å²) < 4.78 is 18.6. The van der Waals surface area contributed by atoms with Crippen molar-refractivity contribution in [2.24, 2.45) is 0 Å². The number of rotatable bonds is 4. The molecule has 0 fully saturated rings. The zero-order chi connectivity index (χ0) is 15.2. The summed E-state index contributed by atoms with van der Waals surface area (Å²) in [7, 11) is 0. The number of hydrogen-bond acceptors (Lipinski definition) is 4. The third kappa shape index (κ3) is 4.05. The second kappa shape index (κ2) is 6.53. The van der Waals surface area contributed by atoms with E-state index in [1.807, 2.05) is 6.07 Å². The van der Waals surface area contributed by atoms with Crippen molar-refractivity contribution >= 4 is 11.7 Å². The first-order chi connectivity index (χ1) is 10.1. The van der Waals surface area contributed by atoms with Gasteiger partial charge in [-0.25, -0.2) is 4.39 Å². The molecule has 0 radical (unpaired) electrons. The highest BCUT2D eigenvalue weighted by Gasteiger charge is 2.08. The van der Waals surface area contributed by atoms with Gasteiger partial charge in [-0.3, -0.25) is 4.79 Å². The summed E-state index contributed by atoms with van der Waals surface area (Å²) in [6, 6.07) is 12.7. The number of carbonyl (C=O) groups is 1. The number of benzene rings is 2. The van der Waals surface area contributed by atoms with Gasteiger partial charge >= 0.3 is 5.97 Å². The van der Waals surface area contributed by atoms with Crippen LogP contribution < -0.4 is 5.73 Å². The van der Waals surface area contributed by atoms with Crippen LogP contribution in [0.25, 0.3) is 0 Å². The molecule has 0 aliphatic heterocycles. The standard InChI is InChI=1S/C16H13FN2O2/c17-15-7-12(9-18)1-4-13(15)10-21-16(20)8-11-2-5-14(19)6-3-11/h1-7H,8,10,19H2. The smallest absolute Gasteiger partial charge is 0.310 e. The van der Waals surface area contributed by atoms with E-state index < -0.39 is 11.8 Å². The van der Waals surface area contributed by atoms with Gasteiger partial charge in [-0.05, 0) is 29.8 Å². The fraction of sp³-hybridized carbons (Fsp3) is 0.125. The van der Waals surface area contributed by atoms with E-state index >= 15 is 0 Å². The van der Waals surface area contributed by atoms with Crippen LogP contribution in [0.15, 0.2) is 42.5 Å². The van der Waals surface area contributed by atoms with Crippen molar-refractivity contribution in [1.29, 1.82) is 5.26 Å². The van der Waals surface area contributed by atoms with Crippen LogP contribution >= 0.6 is 0 Å². The first-order valence-electron chi connectivity index (χ1n) is 6.27. The minimum Gasteiger partial charge on any atom is -0.460 e. The predicted octanol–water partition coefficient (Wildman–Crippen LogP) is 2.57. The molecule has 0 saturated carbocycles. The van der Waals surface area contributed by atoms with Gasteiger partial charge in [0, 0.05) is 11.3 Å². The van der Waals surface area contributed by atoms with E-state index in [2.05, 4.69) is 0 Å². The van der Waals surface area contributed by atoms with Gasteiger partial charge in [0.05, 0.1) is 18.1 Å². The van der Waals surface area contributed by atoms with Crippen LogP contribution in [0.3, 0.4) is 0 Å². The molecule has 2 aromatic carbocycles. The molecule has 0 amide bonds. The third-order valence-corrected chi connectivity index (χ3v) is 2.90. The summed E-state index contributed by atoms with van der Waals surface area (Å²) >= 11 is 0. The Bertz CT molecular complexity index is 690. The molecule has 0 atom stereocenters. The fourth-order valence-corrected chi connectivity index (χ4v) is 1.75. The van der Waals surface area contributed by atoms with Gasteiger partial charge in [0.15, 0.2) is 0 Å². The lowest BCUT2D eigenvalue weighted by atomic mass is 10.1. The van der Waals surface area contributed by atoms with Gasteiger partial charge < -0.3 is 10.5 Å². The van der Waals surface area contributed by atoms with Crippen molar-refractivity contribution in [3.05, 3.63) is 65.0 Å². The van der Waals surface area contributed by atoms with Gasteiger partial charge in [0.25, 0.3) is 0 Å². The third-order valence-electron chi connectivity index (χ3n) is 2.90. The zero-order valence-electron chi connectivity index (χ0n) is 11.2. The van der Waals surface area contributed by atoms with Gasteiger partial charge in [0.2, 0.25) is 0 Å². The van der Waals surface area contributed by atoms with E-state index in [0.717, 1.165) is 11.6 Å². The molecule has 106 valence electrons. The number of nitrogens with two attached hydrogens (primary N) is 1. The lowest BCUT2D eigenvalue weighted by Gasteiger charge is -2.06. The molecule has 2 rings (SSSR count). The number of carbonyl (C=O) groups excluding carboxylic acids is 1. The van der Waals surface area contributed by atoms with E-state index in [1.54, 1.807) is 24.3 Å². The molecule has 0 bridgehead atoms. The molecular formula is C16H13FN2O2. The molecule has 0 aromatic heterocycles. The molecule has 0 aliphatic carbocycles. The van der Waals surface area contributed by atoms with Crippen molar-refractivity contribution in [3.8, 4) is 6.07 Å². The predicted molar refractivity (Wildman–Crippen MR) is 75.5 cm³/mol. The molecule has 0 heterocycles. The molecule has 4 nitrogen and oxygen atoms in total. The number of halogens is 1. The Kier molecular flexibility index (Phi) is 4.52. The Hall–Kier alpha value is -2.87. The Balaban J connectivity index is 1.92. The topological polar surface area (TPSA) is 76.1 Å². The number of nitriles is 1. The first-order valence-corrected chi connectivity index (χ1v) is 6.27. The highest BCUT2D eigenvalue weighted by molar-refractivity contribution is 5.72. The summed E-state index contributed by atoms with van der Waals surface area (Å²) in [6.07, 6.45) is 0.0954. The summed E-state index contributed by atoms with van der Waals surface area (Å²) in [5.74, 6) is -1.02. The molecule has 0 aliphatic rings. The number of nitrogen functional groups attached to an aromatic ring is 1. The average molecular weight is 284 g/mol. The molecule has 0 spiro atoms. The zero-order valence-corrected chi connectivity index (χ0v) is 11.2. The van der Waals surface area contributed by atoms with Crippen LogP contribution in [-0.2, 0) is 22.6 Å². The molecule has 21 heavy (non-hydrogen) atoms. The van der Waals surface area contributed by atoms with Crippen molar-refractivity contribution in [2.75, 3.05) is 5.73 Å². The normalized spacial score (nSPS) is 9.90. The lowest BCUT2D eigenvalue weighted by Crippen LogP contribution is -2.09. The molecule has 0 saturated heterocycles. The second-order valence-electron chi connectivity index (χ2n) is 4.50. The van der Waals surface area contributed by atoms with E-state index in [0.29, 0.717) is 5.69 Å². The summed E-state index contributed by atoms with van der Waals surface area (Å²) in [4.78, 5) is 11.7. The van der Waals surface area contributed by atoms with Crippen LogP contribution in [0.4, 0.5) is 10.1 Å². The van der Waals surface area contributed by atoms with Crippen LogP contribution in [0.1, 0.15) is 16.7 Å². The lowest BCUT2D eigenvalue weighted by molar-refractivity contribution is -0.144. The molecule has 5 heteroatoms. The number of nitrogens with zero attached hydrogens (tertiary/aromatic N) is 1. The number of ether oxygens (including phenoxy) is 1. The molecular weight excluding hydrogens is 271 g/mol. The molecule has 2 N–H and O–H groups in total. The van der Waals surface area contributed by atoms with E-state index in [1.165, 1.54) is 12.1 Å². The highest BCUT2D eigenvalue weighted by Crippen LogP contribution is 2.12. The molecule has 2 aromatic rings. The first kappa shape index (κ1) is 14.5. The number of hydrogen-bond donors (Lipinski definition) is 1. The van der Waals surface area contributed by atoms with Crippen molar-refractivity contribution in [1.82, 2.24) is 0 Å². The Morgan fingerprint density at radius 2 is 1.95 bits per heavy atom. The van der Waals surface area contributed by atoms with E-state index in [9.17, 15) is 9.18 Å². The monoisotopic (exact) mass is 284 g/mol. The summed E-state index contributed by atoms with van der Waals surface area (Å²) in [6.45, 7) is -0.161. The van der Waals surface area contributed by atoms with Crippen molar-refractivity contribution in [2.45, 2.75) is 13.0 Å². The largest absolute Gasteiger partial charge is 0.460 e. The maximum Gasteiger partial charge on any atom is 0.310 e. The highest BCUT2D eigenvalue weighted by atomic mass is 19.1. The Morgan fingerprint density at radius 1 is 1.24 bits per heavy atom. The summed E-state index contributed by atoms with van der Waals surface area (Å²) in [5, 5.41) is 8.64. The van der Waals surface area contributed by atoms with Gasteiger partial charge in [-0.15, -0.1) is 0 Å². The van der Waals surface area contributed by atoms with Gasteiger partial charge in [-0.2, -0.15) is 5.26 Å². The average Bonchev–Trinajstić information content (AvgIpc) is 2.48.